The van der Waals surface area contributed by atoms with Crippen molar-refractivity contribution in [2.24, 2.45) is 0 Å². The lowest BCUT2D eigenvalue weighted by molar-refractivity contribution is -0.00564. The van der Waals surface area contributed by atoms with Crippen molar-refractivity contribution in [2.45, 2.75) is 31.8 Å². The quantitative estimate of drug-likeness (QED) is 0.676. The molecule has 27 heavy (non-hydrogen) atoms. The predicted molar refractivity (Wildman–Crippen MR) is 105 cm³/mol. The fourth-order valence-corrected chi connectivity index (χ4v) is 4.32. The van der Waals surface area contributed by atoms with Crippen LogP contribution < -0.4 is 4.74 Å². The molecule has 2 aromatic rings. The fourth-order valence-electron chi connectivity index (χ4n) is 3.79. The summed E-state index contributed by atoms with van der Waals surface area (Å²) >= 11 is 12.3. The van der Waals surface area contributed by atoms with E-state index >= 15 is 0 Å². The van der Waals surface area contributed by atoms with Gasteiger partial charge < -0.3 is 9.64 Å². The van der Waals surface area contributed by atoms with Crippen LogP contribution in [-0.4, -0.2) is 35.3 Å². The molecule has 2 aliphatic rings. The Morgan fingerprint density at radius 3 is 2.44 bits per heavy atom. The molecule has 4 rings (SSSR count). The van der Waals surface area contributed by atoms with E-state index in [0.29, 0.717) is 52.9 Å². The highest BCUT2D eigenvalue weighted by atomic mass is 35.5. The van der Waals surface area contributed by atoms with Gasteiger partial charge in [0.15, 0.2) is 5.78 Å². The van der Waals surface area contributed by atoms with E-state index in [9.17, 15) is 9.59 Å². The van der Waals surface area contributed by atoms with Crippen LogP contribution in [0.3, 0.4) is 0 Å². The Hall–Kier alpha value is -2.04. The molecule has 2 aliphatic heterocycles. The number of fused-ring (bicyclic) bond motifs is 1. The Kier molecular flexibility index (Phi) is 4.65. The second-order valence-electron chi connectivity index (χ2n) is 7.31. The standard InChI is InChI=1S/C21H19Cl2NO3/c1-13-2-4-14(5-3-13)20(26)24-8-6-21(7-9-24)12-18(25)16-10-15(22)11-17(23)19(16)27-21/h2-5,10-11H,6-9,12H2,1H3. The van der Waals surface area contributed by atoms with Gasteiger partial charge in [-0.05, 0) is 31.2 Å². The van der Waals surface area contributed by atoms with Crippen LogP contribution in [0.1, 0.15) is 45.5 Å². The van der Waals surface area contributed by atoms with Crippen LogP contribution in [0.4, 0.5) is 0 Å². The van der Waals surface area contributed by atoms with Crippen LogP contribution in [0.5, 0.6) is 5.75 Å². The molecule has 0 atom stereocenters. The highest BCUT2D eigenvalue weighted by Crippen LogP contribution is 2.44. The summed E-state index contributed by atoms with van der Waals surface area (Å²) in [6.45, 7) is 3.08. The van der Waals surface area contributed by atoms with E-state index in [1.165, 1.54) is 0 Å². The first-order valence-electron chi connectivity index (χ1n) is 8.94. The average Bonchev–Trinajstić information content (AvgIpc) is 2.64. The number of hydrogen-bond donors (Lipinski definition) is 0. The van der Waals surface area contributed by atoms with E-state index in [4.69, 9.17) is 27.9 Å². The first kappa shape index (κ1) is 18.3. The number of amides is 1. The van der Waals surface area contributed by atoms with Gasteiger partial charge in [0.2, 0.25) is 0 Å². The van der Waals surface area contributed by atoms with E-state index in [-0.39, 0.29) is 18.1 Å². The first-order chi connectivity index (χ1) is 12.9. The van der Waals surface area contributed by atoms with Crippen LogP contribution in [0.15, 0.2) is 36.4 Å². The zero-order valence-electron chi connectivity index (χ0n) is 14.9. The van der Waals surface area contributed by atoms with Gasteiger partial charge in [0.1, 0.15) is 11.4 Å². The largest absolute Gasteiger partial charge is 0.484 e. The molecule has 0 radical (unpaired) electrons. The van der Waals surface area contributed by atoms with Crippen LogP contribution in [0.25, 0.3) is 0 Å². The Labute approximate surface area is 168 Å². The van der Waals surface area contributed by atoms with Gasteiger partial charge in [-0.3, -0.25) is 9.59 Å². The van der Waals surface area contributed by atoms with Crippen molar-refractivity contribution >= 4 is 34.9 Å². The molecule has 0 saturated carbocycles. The number of piperidine rings is 1. The molecule has 0 unspecified atom stereocenters. The van der Waals surface area contributed by atoms with E-state index in [0.717, 1.165) is 5.56 Å². The Morgan fingerprint density at radius 1 is 1.11 bits per heavy atom. The number of carbonyl (C=O) groups excluding carboxylic acids is 2. The van der Waals surface area contributed by atoms with E-state index in [1.807, 2.05) is 36.1 Å². The smallest absolute Gasteiger partial charge is 0.253 e. The number of ketones is 1. The topological polar surface area (TPSA) is 46.6 Å². The highest BCUT2D eigenvalue weighted by Gasteiger charge is 2.44. The average molecular weight is 404 g/mol. The summed E-state index contributed by atoms with van der Waals surface area (Å²) in [7, 11) is 0. The predicted octanol–water partition coefficient (Wildman–Crippen LogP) is 4.94. The maximum absolute atomic E-state index is 12.7. The van der Waals surface area contributed by atoms with E-state index in [2.05, 4.69) is 0 Å². The lowest BCUT2D eigenvalue weighted by atomic mass is 9.82. The van der Waals surface area contributed by atoms with Gasteiger partial charge in [-0.25, -0.2) is 0 Å². The zero-order chi connectivity index (χ0) is 19.2. The molecule has 1 saturated heterocycles. The molecule has 0 bridgehead atoms. The molecule has 6 heteroatoms. The Balaban J connectivity index is 1.51. The highest BCUT2D eigenvalue weighted by molar-refractivity contribution is 6.36. The summed E-state index contributed by atoms with van der Waals surface area (Å²) in [4.78, 5) is 27.2. The number of carbonyl (C=O) groups is 2. The second-order valence-corrected chi connectivity index (χ2v) is 8.15. The Morgan fingerprint density at radius 2 is 1.78 bits per heavy atom. The summed E-state index contributed by atoms with van der Waals surface area (Å²) in [5.41, 5.74) is 1.64. The molecule has 4 nitrogen and oxygen atoms in total. The maximum Gasteiger partial charge on any atom is 0.253 e. The minimum absolute atomic E-state index is 0.0113. The monoisotopic (exact) mass is 403 g/mol. The van der Waals surface area contributed by atoms with Gasteiger partial charge in [0.05, 0.1) is 17.0 Å². The molecule has 0 N–H and O–H groups in total. The van der Waals surface area contributed by atoms with Gasteiger partial charge in [-0.1, -0.05) is 40.9 Å². The number of halogens is 2. The van der Waals surface area contributed by atoms with Crippen molar-refractivity contribution in [3.05, 3.63) is 63.1 Å². The van der Waals surface area contributed by atoms with Crippen molar-refractivity contribution in [2.75, 3.05) is 13.1 Å². The Bertz CT molecular complexity index is 916. The van der Waals surface area contributed by atoms with Crippen LogP contribution in [-0.2, 0) is 0 Å². The molecular weight excluding hydrogens is 385 g/mol. The molecule has 0 aromatic heterocycles. The molecule has 2 aromatic carbocycles. The van der Waals surface area contributed by atoms with Crippen molar-refractivity contribution < 1.29 is 14.3 Å². The third kappa shape index (κ3) is 3.44. The molecule has 1 fully saturated rings. The zero-order valence-corrected chi connectivity index (χ0v) is 16.4. The number of ether oxygens (including phenoxy) is 1. The number of likely N-dealkylation sites (tertiary alicyclic amines) is 1. The van der Waals surface area contributed by atoms with Crippen LogP contribution >= 0.6 is 23.2 Å². The number of hydrogen-bond acceptors (Lipinski definition) is 3. The summed E-state index contributed by atoms with van der Waals surface area (Å²) in [6, 6.07) is 10.8. The van der Waals surface area contributed by atoms with Gasteiger partial charge in [-0.15, -0.1) is 0 Å². The second kappa shape index (κ2) is 6.84. The molecule has 140 valence electrons. The lowest BCUT2D eigenvalue weighted by Crippen LogP contribution is -2.52. The first-order valence-corrected chi connectivity index (χ1v) is 9.70. The van der Waals surface area contributed by atoms with E-state index < -0.39 is 5.60 Å². The number of Topliss-reactive ketones (excluding diaryl/α,β-unsaturated/α-hetero) is 1. The van der Waals surface area contributed by atoms with Gasteiger partial charge in [0, 0.05) is 36.5 Å². The van der Waals surface area contributed by atoms with Crippen molar-refractivity contribution in [3.8, 4) is 5.75 Å². The van der Waals surface area contributed by atoms with Crippen LogP contribution in [0.2, 0.25) is 10.0 Å². The third-order valence-electron chi connectivity index (χ3n) is 5.37. The molecule has 2 heterocycles. The van der Waals surface area contributed by atoms with E-state index in [1.54, 1.807) is 12.1 Å². The van der Waals surface area contributed by atoms with Crippen molar-refractivity contribution in [3.63, 3.8) is 0 Å². The normalized spacial score (nSPS) is 18.2. The minimum Gasteiger partial charge on any atom is -0.484 e. The SMILES string of the molecule is Cc1ccc(C(=O)N2CCC3(CC2)CC(=O)c2cc(Cl)cc(Cl)c2O3)cc1. The van der Waals surface area contributed by atoms with Crippen LogP contribution in [0, 0.1) is 6.92 Å². The fraction of sp³-hybridized carbons (Fsp3) is 0.333. The van der Waals surface area contributed by atoms with Gasteiger partial charge >= 0.3 is 0 Å². The molecule has 1 amide bonds. The molecule has 0 aliphatic carbocycles. The number of nitrogens with zero attached hydrogens (tertiary/aromatic N) is 1. The van der Waals surface area contributed by atoms with Crippen molar-refractivity contribution in [1.82, 2.24) is 4.90 Å². The number of aryl methyl sites for hydroxylation is 1. The molecule has 1 spiro atoms. The molecular formula is C21H19Cl2NO3. The third-order valence-corrected chi connectivity index (χ3v) is 5.87. The summed E-state index contributed by atoms with van der Waals surface area (Å²) in [5, 5.41) is 0.772. The van der Waals surface area contributed by atoms with Gasteiger partial charge in [0.25, 0.3) is 5.91 Å². The minimum atomic E-state index is -0.606. The van der Waals surface area contributed by atoms with Crippen molar-refractivity contribution in [1.29, 1.82) is 0 Å². The summed E-state index contributed by atoms with van der Waals surface area (Å²) in [6.07, 6.45) is 1.46. The number of rotatable bonds is 1. The summed E-state index contributed by atoms with van der Waals surface area (Å²) < 4.78 is 6.22. The maximum atomic E-state index is 12.7. The number of benzene rings is 2. The summed E-state index contributed by atoms with van der Waals surface area (Å²) in [5.74, 6) is 0.409. The lowest BCUT2D eigenvalue weighted by Gasteiger charge is -2.44. The van der Waals surface area contributed by atoms with Gasteiger partial charge in [-0.2, -0.15) is 0 Å².